The average Bonchev–Trinajstić information content (AvgIpc) is 2.97. The molecule has 3 N–H and O–H groups in total. The van der Waals surface area contributed by atoms with Crippen LogP contribution >= 0.6 is 11.6 Å². The van der Waals surface area contributed by atoms with Crippen LogP contribution in [0, 0.1) is 6.92 Å². The normalized spacial score (nSPS) is 11.0. The van der Waals surface area contributed by atoms with E-state index in [4.69, 9.17) is 21.4 Å². The van der Waals surface area contributed by atoms with E-state index in [1.165, 1.54) is 24.9 Å². The van der Waals surface area contributed by atoms with Gasteiger partial charge >= 0.3 is 5.69 Å². The maximum Gasteiger partial charge on any atom is 0.330 e. The number of aromatic nitrogens is 3. The monoisotopic (exact) mass is 577 g/mol. The zero-order valence-corrected chi connectivity index (χ0v) is 24.1. The van der Waals surface area contributed by atoms with E-state index in [2.05, 4.69) is 15.6 Å². The molecule has 214 valence electrons. The second kappa shape index (κ2) is 12.9. The first kappa shape index (κ1) is 29.7. The Balaban J connectivity index is 1.66. The summed E-state index contributed by atoms with van der Waals surface area (Å²) in [5.74, 6) is -0.144. The number of aliphatic hydroxyl groups excluding tert-OH is 1. The van der Waals surface area contributed by atoms with E-state index in [-0.39, 0.29) is 12.2 Å². The lowest BCUT2D eigenvalue weighted by Crippen LogP contribution is -2.40. The molecule has 0 atom stereocenters. The van der Waals surface area contributed by atoms with Gasteiger partial charge in [-0.1, -0.05) is 48.0 Å². The molecule has 10 nitrogen and oxygen atoms in total. The van der Waals surface area contributed by atoms with Gasteiger partial charge in [-0.2, -0.15) is 0 Å². The number of nitrogens with zero attached hydrogens (tertiary/aromatic N) is 3. The van der Waals surface area contributed by atoms with Crippen LogP contribution < -0.4 is 26.6 Å². The van der Waals surface area contributed by atoms with Crippen LogP contribution in [0.5, 0.6) is 5.88 Å². The first-order valence-electron chi connectivity index (χ1n) is 13.0. The standard InChI is InChI=1S/C30H32ClN5O5/c1-18-20(8-6-11-24(18)33-27(38)23-17-35(2)30(40)36(3)29(23)39)21-9-5-10-22(26(21)31)25-13-12-19(28(34-25)41-4)16-32-14-7-15-37/h5-6,8-13,17,32,37H,7,14-16H2,1-4H3,(H,33,38). The van der Waals surface area contributed by atoms with Crippen LogP contribution in [0.2, 0.25) is 5.02 Å². The predicted molar refractivity (Wildman–Crippen MR) is 160 cm³/mol. The Morgan fingerprint density at radius 2 is 1.76 bits per heavy atom. The van der Waals surface area contributed by atoms with Crippen molar-refractivity contribution in [3.8, 4) is 28.3 Å². The summed E-state index contributed by atoms with van der Waals surface area (Å²) in [6.07, 6.45) is 1.89. The number of anilines is 1. The van der Waals surface area contributed by atoms with E-state index in [0.29, 0.717) is 47.4 Å². The van der Waals surface area contributed by atoms with Crippen molar-refractivity contribution < 1.29 is 14.6 Å². The van der Waals surface area contributed by atoms with E-state index in [1.807, 2.05) is 43.3 Å². The van der Waals surface area contributed by atoms with Crippen molar-refractivity contribution in [1.82, 2.24) is 19.4 Å². The Morgan fingerprint density at radius 1 is 1.05 bits per heavy atom. The Morgan fingerprint density at radius 3 is 2.49 bits per heavy atom. The molecule has 0 radical (unpaired) electrons. The van der Waals surface area contributed by atoms with Gasteiger partial charge in [-0.3, -0.25) is 14.2 Å². The summed E-state index contributed by atoms with van der Waals surface area (Å²) in [7, 11) is 4.37. The summed E-state index contributed by atoms with van der Waals surface area (Å²) in [5.41, 5.74) is 3.68. The quantitative estimate of drug-likeness (QED) is 0.246. The Labute approximate surface area is 242 Å². The second-order valence-electron chi connectivity index (χ2n) is 9.52. The molecule has 41 heavy (non-hydrogen) atoms. The summed E-state index contributed by atoms with van der Waals surface area (Å²) in [6.45, 7) is 3.20. The van der Waals surface area contributed by atoms with Crippen molar-refractivity contribution in [2.75, 3.05) is 25.6 Å². The lowest BCUT2D eigenvalue weighted by atomic mass is 9.96. The average molecular weight is 578 g/mol. The molecule has 0 aliphatic heterocycles. The number of carbonyl (C=O) groups excluding carboxylic acids is 1. The Hall–Kier alpha value is -4.25. The number of aryl methyl sites for hydroxylation is 1. The van der Waals surface area contributed by atoms with Gasteiger partial charge < -0.3 is 25.0 Å². The highest BCUT2D eigenvalue weighted by atomic mass is 35.5. The number of nitrogens with one attached hydrogen (secondary N) is 2. The number of ether oxygens (including phenoxy) is 1. The van der Waals surface area contributed by atoms with Gasteiger partial charge in [0.25, 0.3) is 11.5 Å². The fourth-order valence-electron chi connectivity index (χ4n) is 4.51. The summed E-state index contributed by atoms with van der Waals surface area (Å²) in [6, 6.07) is 14.9. The molecule has 0 spiro atoms. The summed E-state index contributed by atoms with van der Waals surface area (Å²) >= 11 is 6.95. The van der Waals surface area contributed by atoms with E-state index < -0.39 is 17.2 Å². The molecule has 0 unspecified atom stereocenters. The molecular formula is C30H32ClN5O5. The highest BCUT2D eigenvalue weighted by Gasteiger charge is 2.19. The van der Waals surface area contributed by atoms with Crippen LogP contribution in [0.4, 0.5) is 5.69 Å². The molecule has 0 aliphatic carbocycles. The maximum atomic E-state index is 13.0. The first-order valence-corrected chi connectivity index (χ1v) is 13.4. The number of hydrogen-bond acceptors (Lipinski definition) is 7. The van der Waals surface area contributed by atoms with Gasteiger partial charge in [0.15, 0.2) is 0 Å². The molecular weight excluding hydrogens is 546 g/mol. The topological polar surface area (TPSA) is 127 Å². The number of benzene rings is 2. The number of carbonyl (C=O) groups is 1. The molecule has 0 aliphatic rings. The van der Waals surface area contributed by atoms with Gasteiger partial charge in [0.05, 0.1) is 17.8 Å². The third kappa shape index (κ3) is 6.25. The number of halogens is 1. The van der Waals surface area contributed by atoms with Crippen molar-refractivity contribution in [3.05, 3.63) is 97.3 Å². The smallest absolute Gasteiger partial charge is 0.330 e. The number of hydrogen-bond donors (Lipinski definition) is 3. The number of amides is 1. The minimum absolute atomic E-state index is 0.125. The number of aliphatic hydroxyl groups is 1. The largest absolute Gasteiger partial charge is 0.481 e. The molecule has 0 saturated carbocycles. The fourth-order valence-corrected chi connectivity index (χ4v) is 4.84. The lowest BCUT2D eigenvalue weighted by molar-refractivity contribution is 0.102. The van der Waals surface area contributed by atoms with E-state index >= 15 is 0 Å². The third-order valence-corrected chi connectivity index (χ3v) is 7.20. The van der Waals surface area contributed by atoms with E-state index in [0.717, 1.165) is 26.8 Å². The van der Waals surface area contributed by atoms with E-state index in [1.54, 1.807) is 19.2 Å². The van der Waals surface area contributed by atoms with Crippen molar-refractivity contribution in [2.24, 2.45) is 14.1 Å². The molecule has 2 aromatic heterocycles. The molecule has 0 fully saturated rings. The Kier molecular flexibility index (Phi) is 9.38. The minimum atomic E-state index is -0.676. The zero-order chi connectivity index (χ0) is 29.7. The van der Waals surface area contributed by atoms with Crippen molar-refractivity contribution in [2.45, 2.75) is 19.9 Å². The second-order valence-corrected chi connectivity index (χ2v) is 9.90. The molecule has 4 rings (SSSR count). The molecule has 0 saturated heterocycles. The van der Waals surface area contributed by atoms with Crippen LogP contribution in [0.25, 0.3) is 22.4 Å². The van der Waals surface area contributed by atoms with Crippen molar-refractivity contribution in [3.63, 3.8) is 0 Å². The van der Waals surface area contributed by atoms with Gasteiger partial charge in [0.1, 0.15) is 5.56 Å². The van der Waals surface area contributed by atoms with Crippen LogP contribution in [0.1, 0.15) is 27.9 Å². The minimum Gasteiger partial charge on any atom is -0.481 e. The van der Waals surface area contributed by atoms with E-state index in [9.17, 15) is 14.4 Å². The van der Waals surface area contributed by atoms with Gasteiger partial charge in [0, 0.05) is 55.8 Å². The summed E-state index contributed by atoms with van der Waals surface area (Å²) in [4.78, 5) is 42.3. The molecule has 2 aromatic carbocycles. The van der Waals surface area contributed by atoms with Crippen LogP contribution in [0.15, 0.2) is 64.3 Å². The first-order chi connectivity index (χ1) is 19.7. The zero-order valence-electron chi connectivity index (χ0n) is 23.3. The Bertz CT molecular complexity index is 1710. The van der Waals surface area contributed by atoms with Gasteiger partial charge in [-0.15, -0.1) is 0 Å². The number of methoxy groups -OCH3 is 1. The molecule has 1 amide bonds. The molecule has 2 heterocycles. The highest BCUT2D eigenvalue weighted by Crippen LogP contribution is 2.39. The van der Waals surface area contributed by atoms with Crippen molar-refractivity contribution in [1.29, 1.82) is 0 Å². The number of pyridine rings is 1. The van der Waals surface area contributed by atoms with Gasteiger partial charge in [-0.25, -0.2) is 9.78 Å². The van der Waals surface area contributed by atoms with Gasteiger partial charge in [-0.05, 0) is 43.1 Å². The third-order valence-electron chi connectivity index (χ3n) is 6.80. The molecule has 0 bridgehead atoms. The molecule has 4 aromatic rings. The van der Waals surface area contributed by atoms with Crippen LogP contribution in [-0.4, -0.2) is 45.4 Å². The maximum absolute atomic E-state index is 13.0. The van der Waals surface area contributed by atoms with Gasteiger partial charge in [0.2, 0.25) is 5.88 Å². The lowest BCUT2D eigenvalue weighted by Gasteiger charge is -2.16. The fraction of sp³-hybridized carbons (Fsp3) is 0.267. The van der Waals surface area contributed by atoms with Crippen LogP contribution in [-0.2, 0) is 20.6 Å². The van der Waals surface area contributed by atoms with Crippen LogP contribution in [0.3, 0.4) is 0 Å². The predicted octanol–water partition coefficient (Wildman–Crippen LogP) is 3.51. The highest BCUT2D eigenvalue weighted by molar-refractivity contribution is 6.36. The summed E-state index contributed by atoms with van der Waals surface area (Å²) < 4.78 is 7.62. The SMILES string of the molecule is COc1nc(-c2cccc(-c3cccc(NC(=O)c4cn(C)c(=O)n(C)c4=O)c3C)c2Cl)ccc1CNCCCO. The molecule has 11 heteroatoms. The summed E-state index contributed by atoms with van der Waals surface area (Å²) in [5, 5.41) is 15.5. The number of rotatable bonds is 10. The van der Waals surface area contributed by atoms with Crippen molar-refractivity contribution >= 4 is 23.2 Å².